The van der Waals surface area contributed by atoms with Gasteiger partial charge >= 0.3 is 0 Å². The highest BCUT2D eigenvalue weighted by molar-refractivity contribution is 8.00. The van der Waals surface area contributed by atoms with E-state index in [9.17, 15) is 4.79 Å². The molecule has 0 aromatic heterocycles. The van der Waals surface area contributed by atoms with Crippen LogP contribution in [0.25, 0.3) is 0 Å². The molecular weight excluding hydrogens is 291 g/mol. The fourth-order valence-corrected chi connectivity index (χ4v) is 2.40. The first kappa shape index (κ1) is 15.2. The standard InChI is InChI=1S/C12H12Cl2N2OS/c1-16(6-2-5-15)12(17)8-18-9-3-4-10(13)11(14)7-9/h3-4,7H,2,6,8H2,1H3. The SMILES string of the molecule is CN(CCC#N)C(=O)CSc1ccc(Cl)c(Cl)c1. The summed E-state index contributed by atoms with van der Waals surface area (Å²) in [5, 5.41) is 9.42. The van der Waals surface area contributed by atoms with Crippen LogP contribution in [0.1, 0.15) is 6.42 Å². The summed E-state index contributed by atoms with van der Waals surface area (Å²) in [5.41, 5.74) is 0. The zero-order valence-electron chi connectivity index (χ0n) is 9.82. The zero-order chi connectivity index (χ0) is 13.5. The van der Waals surface area contributed by atoms with E-state index >= 15 is 0 Å². The first-order valence-corrected chi connectivity index (χ1v) is 6.97. The summed E-state index contributed by atoms with van der Waals surface area (Å²) in [6.45, 7) is 0.456. The van der Waals surface area contributed by atoms with Gasteiger partial charge in [-0.2, -0.15) is 5.26 Å². The van der Waals surface area contributed by atoms with Gasteiger partial charge in [0, 0.05) is 18.5 Å². The van der Waals surface area contributed by atoms with E-state index < -0.39 is 0 Å². The minimum atomic E-state index is -0.0127. The number of benzene rings is 1. The van der Waals surface area contributed by atoms with Crippen molar-refractivity contribution in [2.24, 2.45) is 0 Å². The Balaban J connectivity index is 2.47. The lowest BCUT2D eigenvalue weighted by Gasteiger charge is -2.14. The largest absolute Gasteiger partial charge is 0.344 e. The van der Waals surface area contributed by atoms with E-state index in [4.69, 9.17) is 28.5 Å². The van der Waals surface area contributed by atoms with Crippen molar-refractivity contribution >= 4 is 40.9 Å². The molecular formula is C12H12Cl2N2OS. The number of nitrogens with zero attached hydrogens (tertiary/aromatic N) is 2. The minimum absolute atomic E-state index is 0.0127. The molecule has 0 aliphatic carbocycles. The van der Waals surface area contributed by atoms with Gasteiger partial charge in [0.05, 0.1) is 28.3 Å². The molecule has 0 radical (unpaired) electrons. The molecule has 0 aliphatic rings. The molecule has 3 nitrogen and oxygen atoms in total. The van der Waals surface area contributed by atoms with Crippen LogP contribution >= 0.6 is 35.0 Å². The van der Waals surface area contributed by atoms with Crippen molar-refractivity contribution in [3.05, 3.63) is 28.2 Å². The first-order valence-electron chi connectivity index (χ1n) is 5.23. The lowest BCUT2D eigenvalue weighted by atomic mass is 10.4. The maximum Gasteiger partial charge on any atom is 0.232 e. The zero-order valence-corrected chi connectivity index (χ0v) is 12.1. The van der Waals surface area contributed by atoms with Crippen LogP contribution in [0.15, 0.2) is 23.1 Å². The smallest absolute Gasteiger partial charge is 0.232 e. The quantitative estimate of drug-likeness (QED) is 0.782. The molecule has 1 amide bonds. The van der Waals surface area contributed by atoms with Crippen molar-refractivity contribution in [3.8, 4) is 6.07 Å². The van der Waals surface area contributed by atoms with Crippen LogP contribution < -0.4 is 0 Å². The third kappa shape index (κ3) is 4.77. The average molecular weight is 303 g/mol. The molecule has 1 aromatic carbocycles. The molecule has 0 heterocycles. The van der Waals surface area contributed by atoms with Gasteiger partial charge in [-0.25, -0.2) is 0 Å². The molecule has 1 aromatic rings. The van der Waals surface area contributed by atoms with Gasteiger partial charge in [0.2, 0.25) is 5.91 Å². The summed E-state index contributed by atoms with van der Waals surface area (Å²) in [6.07, 6.45) is 0.347. The third-order valence-corrected chi connectivity index (χ3v) is 3.96. The lowest BCUT2D eigenvalue weighted by molar-refractivity contribution is -0.127. The molecule has 0 aliphatic heterocycles. The Labute approximate surface area is 121 Å². The van der Waals surface area contributed by atoms with E-state index in [1.807, 2.05) is 12.1 Å². The number of hydrogen-bond acceptors (Lipinski definition) is 3. The van der Waals surface area contributed by atoms with Crippen molar-refractivity contribution in [3.63, 3.8) is 0 Å². The number of amides is 1. The molecule has 0 saturated carbocycles. The molecule has 0 saturated heterocycles. The van der Waals surface area contributed by atoms with Crippen LogP contribution in [0.3, 0.4) is 0 Å². The lowest BCUT2D eigenvalue weighted by Crippen LogP contribution is -2.29. The summed E-state index contributed by atoms with van der Waals surface area (Å²) in [5.74, 6) is 0.307. The van der Waals surface area contributed by atoms with Gasteiger partial charge < -0.3 is 4.90 Å². The Morgan fingerprint density at radius 3 is 2.78 bits per heavy atom. The molecule has 0 unspecified atom stereocenters. The van der Waals surface area contributed by atoms with Gasteiger partial charge in [-0.05, 0) is 18.2 Å². The van der Waals surface area contributed by atoms with Gasteiger partial charge in [0.25, 0.3) is 0 Å². The van der Waals surface area contributed by atoms with Crippen LogP contribution in [0.2, 0.25) is 10.0 Å². The predicted molar refractivity (Wildman–Crippen MR) is 75.1 cm³/mol. The van der Waals surface area contributed by atoms with Crippen molar-refractivity contribution in [2.75, 3.05) is 19.3 Å². The van der Waals surface area contributed by atoms with E-state index in [1.54, 1.807) is 24.1 Å². The summed E-state index contributed by atoms with van der Waals surface area (Å²) < 4.78 is 0. The van der Waals surface area contributed by atoms with E-state index in [1.165, 1.54) is 11.8 Å². The van der Waals surface area contributed by atoms with E-state index in [0.717, 1.165) is 4.90 Å². The number of carbonyl (C=O) groups excluding carboxylic acids is 1. The molecule has 0 atom stereocenters. The number of carbonyl (C=O) groups is 1. The maximum atomic E-state index is 11.7. The Morgan fingerprint density at radius 2 is 2.17 bits per heavy atom. The Bertz CT molecular complexity index is 474. The highest BCUT2D eigenvalue weighted by atomic mass is 35.5. The predicted octanol–water partition coefficient (Wildman–Crippen LogP) is 3.46. The van der Waals surface area contributed by atoms with Crippen LogP contribution in [-0.2, 0) is 4.79 Å². The first-order chi connectivity index (χ1) is 8.54. The van der Waals surface area contributed by atoms with Gasteiger partial charge in [-0.15, -0.1) is 11.8 Å². The van der Waals surface area contributed by atoms with Crippen molar-refractivity contribution in [1.29, 1.82) is 5.26 Å². The highest BCUT2D eigenvalue weighted by Crippen LogP contribution is 2.27. The number of nitriles is 1. The fourth-order valence-electron chi connectivity index (χ4n) is 1.16. The number of thioether (sulfide) groups is 1. The maximum absolute atomic E-state index is 11.7. The highest BCUT2D eigenvalue weighted by Gasteiger charge is 2.09. The van der Waals surface area contributed by atoms with Crippen molar-refractivity contribution in [1.82, 2.24) is 4.90 Å². The van der Waals surface area contributed by atoms with Crippen LogP contribution in [0.4, 0.5) is 0 Å². The summed E-state index contributed by atoms with van der Waals surface area (Å²) in [4.78, 5) is 14.2. The van der Waals surface area contributed by atoms with Crippen LogP contribution in [-0.4, -0.2) is 30.2 Å². The van der Waals surface area contributed by atoms with Gasteiger partial charge in [0.15, 0.2) is 0 Å². The van der Waals surface area contributed by atoms with Crippen molar-refractivity contribution < 1.29 is 4.79 Å². The molecule has 96 valence electrons. The second-order valence-electron chi connectivity index (χ2n) is 3.59. The van der Waals surface area contributed by atoms with Crippen LogP contribution in [0.5, 0.6) is 0 Å². The second-order valence-corrected chi connectivity index (χ2v) is 5.45. The van der Waals surface area contributed by atoms with Gasteiger partial charge in [-0.1, -0.05) is 23.2 Å². The van der Waals surface area contributed by atoms with Crippen molar-refractivity contribution in [2.45, 2.75) is 11.3 Å². The third-order valence-electron chi connectivity index (χ3n) is 2.24. The Kier molecular flexibility index (Phi) is 6.34. The molecule has 1 rings (SSSR count). The fraction of sp³-hybridized carbons (Fsp3) is 0.333. The van der Waals surface area contributed by atoms with Gasteiger partial charge in [0.1, 0.15) is 0 Å². The second kappa shape index (κ2) is 7.52. The molecule has 6 heteroatoms. The monoisotopic (exact) mass is 302 g/mol. The molecule has 0 N–H and O–H groups in total. The number of hydrogen-bond donors (Lipinski definition) is 0. The topological polar surface area (TPSA) is 44.1 Å². The average Bonchev–Trinajstić information content (AvgIpc) is 2.36. The summed E-state index contributed by atoms with van der Waals surface area (Å²) >= 11 is 13.1. The minimum Gasteiger partial charge on any atom is -0.344 e. The Hall–Kier alpha value is -0.890. The molecule has 0 fully saturated rings. The Morgan fingerprint density at radius 1 is 1.44 bits per heavy atom. The van der Waals surface area contributed by atoms with Crippen LogP contribution in [0, 0.1) is 11.3 Å². The van der Waals surface area contributed by atoms with E-state index in [2.05, 4.69) is 0 Å². The number of rotatable bonds is 5. The van der Waals surface area contributed by atoms with E-state index in [0.29, 0.717) is 28.8 Å². The summed E-state index contributed by atoms with van der Waals surface area (Å²) in [6, 6.07) is 7.27. The molecule has 18 heavy (non-hydrogen) atoms. The van der Waals surface area contributed by atoms with Gasteiger partial charge in [-0.3, -0.25) is 4.79 Å². The number of halogens is 2. The van der Waals surface area contributed by atoms with E-state index in [-0.39, 0.29) is 5.91 Å². The molecule has 0 bridgehead atoms. The normalized spacial score (nSPS) is 9.89. The molecule has 0 spiro atoms. The summed E-state index contributed by atoms with van der Waals surface area (Å²) in [7, 11) is 1.69.